The maximum atomic E-state index is 8.70. The van der Waals surface area contributed by atoms with E-state index in [0.717, 1.165) is 16.6 Å². The van der Waals surface area contributed by atoms with E-state index in [0.29, 0.717) is 0 Å². The number of aromatic nitrogens is 1. The summed E-state index contributed by atoms with van der Waals surface area (Å²) in [6, 6.07) is 9.69. The molecule has 2 rings (SSSR count). The zero-order valence-electron chi connectivity index (χ0n) is 7.74. The Bertz CT molecular complexity index is 466. The van der Waals surface area contributed by atoms with Gasteiger partial charge in [-0.3, -0.25) is 4.98 Å². The lowest BCUT2D eigenvalue weighted by atomic mass is 10.2. The molecule has 4 N–H and O–H groups in total. The number of para-hydroxylation sites is 1. The van der Waals surface area contributed by atoms with Crippen LogP contribution in [-0.4, -0.2) is 14.8 Å². The average Bonchev–Trinajstić information content (AvgIpc) is 2.18. The van der Waals surface area contributed by atoms with Crippen molar-refractivity contribution in [3.63, 3.8) is 0 Å². The minimum absolute atomic E-state index is 0.739. The van der Waals surface area contributed by atoms with Gasteiger partial charge in [0, 0.05) is 16.1 Å². The van der Waals surface area contributed by atoms with Gasteiger partial charge in [0.1, 0.15) is 0 Å². The first-order chi connectivity index (χ1) is 7.11. The lowest BCUT2D eigenvalue weighted by Gasteiger charge is -1.97. The quantitative estimate of drug-likeness (QED) is 0.465. The van der Waals surface area contributed by atoms with E-state index in [1.165, 1.54) is 0 Å². The molecule has 0 radical (unpaired) electrons. The molecule has 0 saturated carbocycles. The standard InChI is InChI=1S/C9H8N2.HO3P/c10-8-5-1-3-7-4-2-6-11-9(7)8;1-4(2)3/h1-6H,10H2;(H-,1,2,3)/p+1. The van der Waals surface area contributed by atoms with Crippen LogP contribution in [0, 0.1) is 0 Å². The summed E-state index contributed by atoms with van der Waals surface area (Å²) < 4.78 is 8.70. The van der Waals surface area contributed by atoms with Gasteiger partial charge in [-0.2, -0.15) is 0 Å². The molecule has 0 aliphatic heterocycles. The highest BCUT2D eigenvalue weighted by Crippen LogP contribution is 2.16. The summed E-state index contributed by atoms with van der Waals surface area (Å²) in [5.74, 6) is 0. The zero-order valence-corrected chi connectivity index (χ0v) is 8.63. The van der Waals surface area contributed by atoms with Crippen LogP contribution >= 0.6 is 8.25 Å². The molecule has 0 bridgehead atoms. The topological polar surface area (TPSA) is 96.4 Å². The molecule has 0 fully saturated rings. The Morgan fingerprint density at radius 1 is 1.20 bits per heavy atom. The van der Waals surface area contributed by atoms with Crippen LogP contribution in [-0.2, 0) is 4.57 Å². The molecule has 0 atom stereocenters. The van der Waals surface area contributed by atoms with Crippen LogP contribution in [0.15, 0.2) is 36.5 Å². The molecule has 15 heavy (non-hydrogen) atoms. The van der Waals surface area contributed by atoms with Gasteiger partial charge >= 0.3 is 8.25 Å². The Hall–Kier alpha value is -1.55. The van der Waals surface area contributed by atoms with Gasteiger partial charge < -0.3 is 5.73 Å². The second kappa shape index (κ2) is 5.36. The van der Waals surface area contributed by atoms with E-state index in [4.69, 9.17) is 20.1 Å². The molecule has 0 saturated heterocycles. The summed E-state index contributed by atoms with van der Waals surface area (Å²) in [6.07, 6.45) is 1.75. The van der Waals surface area contributed by atoms with Crippen molar-refractivity contribution in [2.45, 2.75) is 0 Å². The van der Waals surface area contributed by atoms with E-state index in [2.05, 4.69) is 4.98 Å². The number of pyridine rings is 1. The highest BCUT2D eigenvalue weighted by Gasteiger charge is 1.94. The van der Waals surface area contributed by atoms with Crippen LogP contribution in [0.2, 0.25) is 0 Å². The van der Waals surface area contributed by atoms with Gasteiger partial charge in [-0.15, -0.1) is 9.79 Å². The summed E-state index contributed by atoms with van der Waals surface area (Å²) >= 11 is 0. The van der Waals surface area contributed by atoms with Crippen molar-refractivity contribution >= 4 is 24.8 Å². The van der Waals surface area contributed by atoms with Crippen molar-refractivity contribution in [1.29, 1.82) is 0 Å². The molecule has 0 amide bonds. The molecule has 78 valence electrons. The number of nitrogens with two attached hydrogens (primary N) is 1. The fraction of sp³-hybridized carbons (Fsp3) is 0. The predicted molar refractivity (Wildman–Crippen MR) is 58.2 cm³/mol. The van der Waals surface area contributed by atoms with E-state index in [1.807, 2.05) is 30.3 Å². The molecule has 0 aliphatic rings. The zero-order chi connectivity index (χ0) is 11.3. The second-order valence-electron chi connectivity index (χ2n) is 2.68. The summed E-state index contributed by atoms with van der Waals surface area (Å²) in [7, 11) is -2.87. The largest absolute Gasteiger partial charge is 0.692 e. The van der Waals surface area contributed by atoms with Crippen LogP contribution in [0.25, 0.3) is 10.9 Å². The number of nitrogen functional groups attached to an aromatic ring is 1. The van der Waals surface area contributed by atoms with Crippen LogP contribution in [0.5, 0.6) is 0 Å². The molecular formula is C9H10N2O3P+. The molecule has 0 aliphatic carbocycles. The van der Waals surface area contributed by atoms with Crippen LogP contribution in [0.4, 0.5) is 5.69 Å². The molecule has 5 nitrogen and oxygen atoms in total. The molecule has 1 aromatic heterocycles. The monoisotopic (exact) mass is 225 g/mol. The highest BCUT2D eigenvalue weighted by atomic mass is 31.1. The van der Waals surface area contributed by atoms with Gasteiger partial charge in [0.05, 0.1) is 11.2 Å². The van der Waals surface area contributed by atoms with E-state index < -0.39 is 8.25 Å². The molecule has 0 spiro atoms. The Kier molecular flexibility index (Phi) is 4.12. The summed E-state index contributed by atoms with van der Waals surface area (Å²) in [4.78, 5) is 18.4. The van der Waals surface area contributed by atoms with Gasteiger partial charge in [0.2, 0.25) is 0 Å². The van der Waals surface area contributed by atoms with Crippen molar-refractivity contribution in [3.05, 3.63) is 36.5 Å². The fourth-order valence-corrected chi connectivity index (χ4v) is 1.13. The van der Waals surface area contributed by atoms with E-state index in [-0.39, 0.29) is 0 Å². The number of rotatable bonds is 0. The Morgan fingerprint density at radius 2 is 1.80 bits per heavy atom. The van der Waals surface area contributed by atoms with E-state index in [1.54, 1.807) is 6.20 Å². The van der Waals surface area contributed by atoms with E-state index >= 15 is 0 Å². The number of nitrogens with zero attached hydrogens (tertiary/aromatic N) is 1. The normalized spacial score (nSPS) is 9.20. The van der Waals surface area contributed by atoms with Gasteiger partial charge in [0.25, 0.3) is 0 Å². The third-order valence-corrected chi connectivity index (χ3v) is 1.66. The van der Waals surface area contributed by atoms with Crippen LogP contribution in [0.1, 0.15) is 0 Å². The molecule has 6 heteroatoms. The third-order valence-electron chi connectivity index (χ3n) is 1.66. The summed E-state index contributed by atoms with van der Waals surface area (Å²) in [5, 5.41) is 1.09. The lowest BCUT2D eigenvalue weighted by molar-refractivity contribution is 0.405. The van der Waals surface area contributed by atoms with Gasteiger partial charge in [-0.05, 0) is 12.1 Å². The van der Waals surface area contributed by atoms with Crippen molar-refractivity contribution in [3.8, 4) is 0 Å². The highest BCUT2D eigenvalue weighted by molar-refractivity contribution is 7.30. The van der Waals surface area contributed by atoms with Crippen molar-refractivity contribution in [1.82, 2.24) is 4.98 Å². The summed E-state index contributed by atoms with van der Waals surface area (Å²) in [5.41, 5.74) is 7.32. The van der Waals surface area contributed by atoms with Gasteiger partial charge in [-0.1, -0.05) is 18.2 Å². The smallest absolute Gasteiger partial charge is 0.397 e. The van der Waals surface area contributed by atoms with Crippen LogP contribution < -0.4 is 5.73 Å². The maximum absolute atomic E-state index is 8.70. The molecular weight excluding hydrogens is 215 g/mol. The Balaban J connectivity index is 0.000000245. The van der Waals surface area contributed by atoms with Gasteiger partial charge in [-0.25, -0.2) is 0 Å². The SMILES string of the molecule is Nc1cccc2cccnc12.O=[P+](O)O. The summed E-state index contributed by atoms with van der Waals surface area (Å²) in [6.45, 7) is 0. The average molecular weight is 225 g/mol. The minimum atomic E-state index is -2.87. The second-order valence-corrected chi connectivity index (χ2v) is 3.18. The number of hydrogen-bond acceptors (Lipinski definition) is 3. The molecule has 1 heterocycles. The maximum Gasteiger partial charge on any atom is 0.692 e. The number of benzene rings is 1. The first-order valence-corrected chi connectivity index (χ1v) is 5.22. The lowest BCUT2D eigenvalue weighted by Crippen LogP contribution is -1.87. The first-order valence-electron chi connectivity index (χ1n) is 4.05. The third kappa shape index (κ3) is 3.59. The van der Waals surface area contributed by atoms with Crippen molar-refractivity contribution < 1.29 is 14.4 Å². The van der Waals surface area contributed by atoms with Crippen LogP contribution in [0.3, 0.4) is 0 Å². The molecule has 1 aromatic carbocycles. The fourth-order valence-electron chi connectivity index (χ4n) is 1.13. The molecule has 2 aromatic rings. The Labute approximate surface area is 87.1 Å². The minimum Gasteiger partial charge on any atom is -0.397 e. The molecule has 0 unspecified atom stereocenters. The number of hydrogen-bond donors (Lipinski definition) is 3. The first kappa shape index (κ1) is 11.5. The Morgan fingerprint density at radius 3 is 2.40 bits per heavy atom. The predicted octanol–water partition coefficient (Wildman–Crippen LogP) is 1.45. The van der Waals surface area contributed by atoms with Crippen molar-refractivity contribution in [2.75, 3.05) is 5.73 Å². The number of anilines is 1. The number of fused-ring (bicyclic) bond motifs is 1. The van der Waals surface area contributed by atoms with Crippen molar-refractivity contribution in [2.24, 2.45) is 0 Å². The van der Waals surface area contributed by atoms with E-state index in [9.17, 15) is 0 Å². The van der Waals surface area contributed by atoms with Gasteiger partial charge in [0.15, 0.2) is 0 Å².